The highest BCUT2D eigenvalue weighted by atomic mass is 16.6. The van der Waals surface area contributed by atoms with Gasteiger partial charge >= 0.3 is 0 Å². The second-order valence-electron chi connectivity index (χ2n) is 8.78. The number of aliphatic hydroxyl groups is 1. The molecule has 0 rings (SSSR count). The maximum Gasteiger partial charge on any atom is 0.0701 e. The monoisotopic (exact) mass is 616 g/mol. The lowest BCUT2D eigenvalue weighted by Crippen LogP contribution is -2.15. The summed E-state index contributed by atoms with van der Waals surface area (Å²) in [4.78, 5) is 0. The van der Waals surface area contributed by atoms with Crippen LogP contribution in [-0.2, 0) is 56.8 Å². The molecule has 0 aliphatic carbocycles. The molecule has 42 heavy (non-hydrogen) atoms. The molecule has 0 unspecified atom stereocenters. The molecule has 13 heteroatoms. The van der Waals surface area contributed by atoms with Crippen molar-refractivity contribution in [2.24, 2.45) is 0 Å². The van der Waals surface area contributed by atoms with Gasteiger partial charge in [0, 0.05) is 6.61 Å². The molecule has 0 saturated heterocycles. The van der Waals surface area contributed by atoms with E-state index in [2.05, 4.69) is 6.92 Å². The fourth-order valence-electron chi connectivity index (χ4n) is 3.04. The molecule has 0 aromatic rings. The molecule has 0 aromatic carbocycles. The Balaban J connectivity index is 3.02. The van der Waals surface area contributed by atoms with Crippen LogP contribution in [0.25, 0.3) is 0 Å². The lowest BCUT2D eigenvalue weighted by molar-refractivity contribution is -0.0286. The third-order valence-corrected chi connectivity index (χ3v) is 5.22. The first kappa shape index (κ1) is 41.5. The molecule has 0 fully saturated rings. The van der Waals surface area contributed by atoms with Crippen molar-refractivity contribution in [3.63, 3.8) is 0 Å². The summed E-state index contributed by atoms with van der Waals surface area (Å²) >= 11 is 0. The van der Waals surface area contributed by atoms with Crippen LogP contribution in [0.4, 0.5) is 0 Å². The zero-order chi connectivity index (χ0) is 30.3. The molecule has 0 heterocycles. The first-order valence-electron chi connectivity index (χ1n) is 15.5. The molecule has 0 aliphatic heterocycles. The summed E-state index contributed by atoms with van der Waals surface area (Å²) in [6, 6.07) is 0. The third-order valence-electron chi connectivity index (χ3n) is 5.22. The molecule has 0 bridgehead atoms. The summed E-state index contributed by atoms with van der Waals surface area (Å²) in [5.41, 5.74) is 0. The Labute approximate surface area is 253 Å². The van der Waals surface area contributed by atoms with Gasteiger partial charge in [-0.2, -0.15) is 0 Å². The molecule has 1 N–H and O–H groups in total. The van der Waals surface area contributed by atoms with Crippen molar-refractivity contribution in [2.75, 3.05) is 165 Å². The second-order valence-corrected chi connectivity index (χ2v) is 8.78. The van der Waals surface area contributed by atoms with Crippen LogP contribution in [0.2, 0.25) is 0 Å². The Bertz CT molecular complexity index is 423. The standard InChI is InChI=1S/C29H60O13/c1-2-3-4-6-31-8-10-33-12-14-35-16-18-37-20-22-39-24-26-41-28-29-42-27-25-40-23-21-38-19-17-36-15-13-34-11-9-32-7-5-30/h30H,2-29H2,1H3. The Morgan fingerprint density at radius 3 is 0.643 bits per heavy atom. The van der Waals surface area contributed by atoms with Crippen LogP contribution in [0.3, 0.4) is 0 Å². The number of rotatable bonds is 39. The zero-order valence-corrected chi connectivity index (χ0v) is 26.1. The first-order valence-corrected chi connectivity index (χ1v) is 15.5. The summed E-state index contributed by atoms with van der Waals surface area (Å²) in [5, 5.41) is 8.57. The number of ether oxygens (including phenoxy) is 12. The van der Waals surface area contributed by atoms with Crippen LogP contribution >= 0.6 is 0 Å². The zero-order valence-electron chi connectivity index (χ0n) is 26.1. The largest absolute Gasteiger partial charge is 0.394 e. The fraction of sp³-hybridized carbons (Fsp3) is 1.00. The molecular weight excluding hydrogens is 556 g/mol. The highest BCUT2D eigenvalue weighted by Gasteiger charge is 1.96. The molecule has 0 aliphatic rings. The van der Waals surface area contributed by atoms with Crippen LogP contribution in [-0.4, -0.2) is 170 Å². The predicted octanol–water partition coefficient (Wildman–Crippen LogP) is 1.37. The van der Waals surface area contributed by atoms with E-state index in [1.807, 2.05) is 0 Å². The Kier molecular flexibility index (Phi) is 40.0. The van der Waals surface area contributed by atoms with Gasteiger partial charge in [0.15, 0.2) is 0 Å². The van der Waals surface area contributed by atoms with E-state index in [0.717, 1.165) is 13.0 Å². The minimum atomic E-state index is 0.0269. The molecular formula is C29H60O13. The van der Waals surface area contributed by atoms with E-state index in [4.69, 9.17) is 61.9 Å². The minimum Gasteiger partial charge on any atom is -0.394 e. The SMILES string of the molecule is CCCCCOCCOCCOCCOCCOCCOCCOCCOCCOCCOCCOCCOCCO. The molecule has 254 valence electrons. The minimum absolute atomic E-state index is 0.0269. The van der Waals surface area contributed by atoms with Crippen molar-refractivity contribution >= 4 is 0 Å². The van der Waals surface area contributed by atoms with Crippen LogP contribution < -0.4 is 0 Å². The maximum absolute atomic E-state index is 8.57. The lowest BCUT2D eigenvalue weighted by atomic mass is 10.3. The Morgan fingerprint density at radius 2 is 0.452 bits per heavy atom. The van der Waals surface area contributed by atoms with Gasteiger partial charge in [0.25, 0.3) is 0 Å². The fourth-order valence-corrected chi connectivity index (χ4v) is 3.04. The van der Waals surface area contributed by atoms with Crippen LogP contribution in [0.5, 0.6) is 0 Å². The van der Waals surface area contributed by atoms with Gasteiger partial charge in [-0.1, -0.05) is 19.8 Å². The molecule has 0 amide bonds. The first-order chi connectivity index (χ1) is 20.9. The molecule has 0 saturated carbocycles. The van der Waals surface area contributed by atoms with Crippen molar-refractivity contribution < 1.29 is 61.9 Å². The summed E-state index contributed by atoms with van der Waals surface area (Å²) in [6.07, 6.45) is 3.54. The van der Waals surface area contributed by atoms with E-state index < -0.39 is 0 Å². The van der Waals surface area contributed by atoms with Gasteiger partial charge in [0.05, 0.1) is 159 Å². The van der Waals surface area contributed by atoms with Gasteiger partial charge in [-0.15, -0.1) is 0 Å². The normalized spacial score (nSPS) is 11.6. The van der Waals surface area contributed by atoms with E-state index in [0.29, 0.717) is 152 Å². The summed E-state index contributed by atoms with van der Waals surface area (Å²) in [5.74, 6) is 0. The molecule has 13 nitrogen and oxygen atoms in total. The average Bonchev–Trinajstić information content (AvgIpc) is 3.00. The molecule has 0 spiro atoms. The third kappa shape index (κ3) is 39.5. The van der Waals surface area contributed by atoms with Crippen molar-refractivity contribution in [2.45, 2.75) is 26.2 Å². The highest BCUT2D eigenvalue weighted by molar-refractivity contribution is 4.40. The van der Waals surface area contributed by atoms with Crippen molar-refractivity contribution in [3.8, 4) is 0 Å². The number of hydrogen-bond acceptors (Lipinski definition) is 13. The van der Waals surface area contributed by atoms with Crippen LogP contribution in [0.15, 0.2) is 0 Å². The highest BCUT2D eigenvalue weighted by Crippen LogP contribution is 1.94. The lowest BCUT2D eigenvalue weighted by Gasteiger charge is -2.09. The van der Waals surface area contributed by atoms with Gasteiger partial charge in [-0.3, -0.25) is 0 Å². The molecule has 0 atom stereocenters. The van der Waals surface area contributed by atoms with Crippen molar-refractivity contribution in [3.05, 3.63) is 0 Å². The van der Waals surface area contributed by atoms with E-state index in [9.17, 15) is 0 Å². The van der Waals surface area contributed by atoms with Gasteiger partial charge in [0.1, 0.15) is 0 Å². The summed E-state index contributed by atoms with van der Waals surface area (Å²) < 4.78 is 65.0. The average molecular weight is 617 g/mol. The van der Waals surface area contributed by atoms with Crippen LogP contribution in [0.1, 0.15) is 26.2 Å². The summed E-state index contributed by atoms with van der Waals surface area (Å²) in [7, 11) is 0. The topological polar surface area (TPSA) is 131 Å². The Hall–Kier alpha value is -0.520. The summed E-state index contributed by atoms with van der Waals surface area (Å²) in [6.45, 7) is 14.9. The maximum atomic E-state index is 8.57. The van der Waals surface area contributed by atoms with Gasteiger partial charge in [-0.25, -0.2) is 0 Å². The predicted molar refractivity (Wildman–Crippen MR) is 156 cm³/mol. The molecule has 0 radical (unpaired) electrons. The van der Waals surface area contributed by atoms with E-state index in [1.165, 1.54) is 12.8 Å². The van der Waals surface area contributed by atoms with Crippen molar-refractivity contribution in [1.82, 2.24) is 0 Å². The quantitative estimate of drug-likeness (QED) is 0.0999. The smallest absolute Gasteiger partial charge is 0.0701 e. The van der Waals surface area contributed by atoms with E-state index in [1.54, 1.807) is 0 Å². The molecule has 0 aromatic heterocycles. The number of hydrogen-bond donors (Lipinski definition) is 1. The van der Waals surface area contributed by atoms with E-state index >= 15 is 0 Å². The number of unbranched alkanes of at least 4 members (excludes halogenated alkanes) is 2. The van der Waals surface area contributed by atoms with Gasteiger partial charge in [-0.05, 0) is 6.42 Å². The second kappa shape index (κ2) is 40.5. The Morgan fingerprint density at radius 1 is 0.262 bits per heavy atom. The number of aliphatic hydroxyl groups excluding tert-OH is 1. The van der Waals surface area contributed by atoms with E-state index in [-0.39, 0.29) is 6.61 Å². The van der Waals surface area contributed by atoms with Crippen molar-refractivity contribution in [1.29, 1.82) is 0 Å². The van der Waals surface area contributed by atoms with Gasteiger partial charge in [0.2, 0.25) is 0 Å². The van der Waals surface area contributed by atoms with Crippen LogP contribution in [0, 0.1) is 0 Å². The van der Waals surface area contributed by atoms with Gasteiger partial charge < -0.3 is 61.9 Å².